The summed E-state index contributed by atoms with van der Waals surface area (Å²) in [5, 5.41) is 0.775. The molecule has 0 aliphatic heterocycles. The topological polar surface area (TPSA) is 22.1 Å². The Bertz CT molecular complexity index is 586. The van der Waals surface area contributed by atoms with Gasteiger partial charge in [-0.3, -0.25) is 0 Å². The Morgan fingerprint density at radius 3 is 2.60 bits per heavy atom. The van der Waals surface area contributed by atoms with Crippen LogP contribution in [0, 0.1) is 0 Å². The molecule has 20 heavy (non-hydrogen) atoms. The summed E-state index contributed by atoms with van der Waals surface area (Å²) >= 11 is 11.8. The smallest absolute Gasteiger partial charge is 0.137 e. The summed E-state index contributed by atoms with van der Waals surface area (Å²) in [5.41, 5.74) is 2.04. The molecule has 0 aliphatic rings. The zero-order valence-electron chi connectivity index (χ0n) is 11.6. The van der Waals surface area contributed by atoms with Gasteiger partial charge in [-0.15, -0.1) is 0 Å². The average molecular weight is 310 g/mol. The van der Waals surface area contributed by atoms with Gasteiger partial charge in [-0.1, -0.05) is 55.2 Å². The lowest BCUT2D eigenvalue weighted by Crippen LogP contribution is -2.02. The van der Waals surface area contributed by atoms with Gasteiger partial charge in [0, 0.05) is 5.56 Å². The standard InChI is InChI=1S/C16H17Cl2NO/c1-3-11(2)13-6-4-5-7-14(13)20-10-12-8-9-15(17)19-16(12)18/h4-9,11H,3,10H2,1-2H3. The van der Waals surface area contributed by atoms with Gasteiger partial charge < -0.3 is 4.74 Å². The van der Waals surface area contributed by atoms with Crippen molar-refractivity contribution in [2.24, 2.45) is 0 Å². The van der Waals surface area contributed by atoms with Crippen molar-refractivity contribution in [1.29, 1.82) is 0 Å². The van der Waals surface area contributed by atoms with Gasteiger partial charge in [-0.2, -0.15) is 0 Å². The number of nitrogens with zero attached hydrogens (tertiary/aromatic N) is 1. The molecule has 1 heterocycles. The molecule has 2 aromatic rings. The number of halogens is 2. The van der Waals surface area contributed by atoms with Crippen LogP contribution in [-0.2, 0) is 6.61 Å². The van der Waals surface area contributed by atoms with Crippen molar-refractivity contribution in [2.45, 2.75) is 32.8 Å². The number of para-hydroxylation sites is 1. The fourth-order valence-corrected chi connectivity index (χ4v) is 2.34. The molecular formula is C16H17Cl2NO. The molecule has 1 atom stereocenters. The Hall–Kier alpha value is -1.25. The zero-order valence-corrected chi connectivity index (χ0v) is 13.1. The highest BCUT2D eigenvalue weighted by Crippen LogP contribution is 2.29. The summed E-state index contributed by atoms with van der Waals surface area (Å²) < 4.78 is 5.90. The number of benzene rings is 1. The van der Waals surface area contributed by atoms with E-state index in [0.717, 1.165) is 17.7 Å². The maximum absolute atomic E-state index is 6.05. The highest BCUT2D eigenvalue weighted by molar-refractivity contribution is 6.32. The number of aromatic nitrogens is 1. The van der Waals surface area contributed by atoms with Crippen molar-refractivity contribution in [3.05, 3.63) is 57.8 Å². The fourth-order valence-electron chi connectivity index (χ4n) is 1.94. The maximum Gasteiger partial charge on any atom is 0.137 e. The van der Waals surface area contributed by atoms with Crippen molar-refractivity contribution < 1.29 is 4.74 Å². The molecule has 0 N–H and O–H groups in total. The van der Waals surface area contributed by atoms with Gasteiger partial charge in [0.1, 0.15) is 22.7 Å². The largest absolute Gasteiger partial charge is 0.488 e. The summed E-state index contributed by atoms with van der Waals surface area (Å²) in [6, 6.07) is 11.6. The van der Waals surface area contributed by atoms with Crippen LogP contribution in [0.2, 0.25) is 10.3 Å². The molecule has 0 amide bonds. The third-order valence-electron chi connectivity index (χ3n) is 3.34. The Morgan fingerprint density at radius 1 is 1.15 bits per heavy atom. The number of hydrogen-bond donors (Lipinski definition) is 0. The highest BCUT2D eigenvalue weighted by atomic mass is 35.5. The Balaban J connectivity index is 2.15. The Kier molecular flexibility index (Phi) is 5.27. The Morgan fingerprint density at radius 2 is 1.90 bits per heavy atom. The van der Waals surface area contributed by atoms with E-state index in [1.54, 1.807) is 6.07 Å². The van der Waals surface area contributed by atoms with Gasteiger partial charge in [0.05, 0.1) is 0 Å². The lowest BCUT2D eigenvalue weighted by atomic mass is 9.98. The third kappa shape index (κ3) is 3.65. The molecule has 106 valence electrons. The number of pyridine rings is 1. The highest BCUT2D eigenvalue weighted by Gasteiger charge is 2.10. The molecule has 1 aromatic carbocycles. The summed E-state index contributed by atoms with van der Waals surface area (Å²) in [4.78, 5) is 4.01. The van der Waals surface area contributed by atoms with E-state index in [9.17, 15) is 0 Å². The molecule has 0 radical (unpaired) electrons. The van der Waals surface area contributed by atoms with E-state index in [2.05, 4.69) is 24.9 Å². The fraction of sp³-hybridized carbons (Fsp3) is 0.312. The van der Waals surface area contributed by atoms with E-state index in [4.69, 9.17) is 27.9 Å². The van der Waals surface area contributed by atoms with E-state index >= 15 is 0 Å². The molecule has 2 nitrogen and oxygen atoms in total. The van der Waals surface area contributed by atoms with Crippen molar-refractivity contribution in [3.8, 4) is 5.75 Å². The van der Waals surface area contributed by atoms with Crippen LogP contribution in [0.25, 0.3) is 0 Å². The lowest BCUT2D eigenvalue weighted by molar-refractivity contribution is 0.301. The van der Waals surface area contributed by atoms with Crippen LogP contribution >= 0.6 is 23.2 Å². The van der Waals surface area contributed by atoms with Crippen molar-refractivity contribution in [2.75, 3.05) is 0 Å². The van der Waals surface area contributed by atoms with Crippen LogP contribution in [0.4, 0.5) is 0 Å². The van der Waals surface area contributed by atoms with Crippen molar-refractivity contribution >= 4 is 23.2 Å². The first kappa shape index (κ1) is 15.1. The molecular weight excluding hydrogens is 293 g/mol. The summed E-state index contributed by atoms with van der Waals surface area (Å²) in [7, 11) is 0. The van der Waals surface area contributed by atoms with Crippen LogP contribution in [0.3, 0.4) is 0 Å². The number of hydrogen-bond acceptors (Lipinski definition) is 2. The van der Waals surface area contributed by atoms with Gasteiger partial charge in [0.25, 0.3) is 0 Å². The first-order valence-electron chi connectivity index (χ1n) is 6.64. The zero-order chi connectivity index (χ0) is 14.5. The minimum atomic E-state index is 0.385. The summed E-state index contributed by atoms with van der Waals surface area (Å²) in [5.74, 6) is 1.36. The van der Waals surface area contributed by atoms with E-state index in [1.165, 1.54) is 5.56 Å². The van der Waals surface area contributed by atoms with Crippen LogP contribution < -0.4 is 4.74 Å². The summed E-state index contributed by atoms with van der Waals surface area (Å²) in [6.45, 7) is 4.75. The molecule has 0 saturated carbocycles. The van der Waals surface area contributed by atoms with Gasteiger partial charge in [-0.25, -0.2) is 4.98 Å². The average Bonchev–Trinajstić information content (AvgIpc) is 2.46. The van der Waals surface area contributed by atoms with Crippen LogP contribution in [-0.4, -0.2) is 4.98 Å². The Labute approximate surface area is 129 Å². The van der Waals surface area contributed by atoms with E-state index in [0.29, 0.717) is 22.8 Å². The summed E-state index contributed by atoms with van der Waals surface area (Å²) in [6.07, 6.45) is 1.07. The van der Waals surface area contributed by atoms with E-state index < -0.39 is 0 Å². The van der Waals surface area contributed by atoms with Gasteiger partial charge in [0.2, 0.25) is 0 Å². The van der Waals surface area contributed by atoms with Crippen LogP contribution in [0.5, 0.6) is 5.75 Å². The van der Waals surface area contributed by atoms with Crippen LogP contribution in [0.15, 0.2) is 36.4 Å². The second kappa shape index (κ2) is 6.96. The predicted octanol–water partition coefficient (Wildman–Crippen LogP) is 5.48. The lowest BCUT2D eigenvalue weighted by Gasteiger charge is -2.16. The molecule has 0 saturated heterocycles. The van der Waals surface area contributed by atoms with E-state index in [-0.39, 0.29) is 0 Å². The first-order valence-corrected chi connectivity index (χ1v) is 7.40. The number of rotatable bonds is 5. The van der Waals surface area contributed by atoms with E-state index in [1.807, 2.05) is 24.3 Å². The minimum Gasteiger partial charge on any atom is -0.488 e. The van der Waals surface area contributed by atoms with Crippen molar-refractivity contribution in [3.63, 3.8) is 0 Å². The van der Waals surface area contributed by atoms with Gasteiger partial charge >= 0.3 is 0 Å². The molecule has 1 unspecified atom stereocenters. The number of ether oxygens (including phenoxy) is 1. The molecule has 0 fully saturated rings. The second-order valence-electron chi connectivity index (χ2n) is 4.72. The molecule has 2 rings (SSSR count). The molecule has 0 spiro atoms. The first-order chi connectivity index (χ1) is 9.61. The quantitative estimate of drug-likeness (QED) is 0.682. The maximum atomic E-state index is 6.05. The van der Waals surface area contributed by atoms with Crippen molar-refractivity contribution in [1.82, 2.24) is 4.98 Å². The van der Waals surface area contributed by atoms with Gasteiger partial charge in [-0.05, 0) is 36.1 Å². The molecule has 0 bridgehead atoms. The molecule has 1 aromatic heterocycles. The third-order valence-corrected chi connectivity index (χ3v) is 3.88. The minimum absolute atomic E-state index is 0.385. The normalized spacial score (nSPS) is 12.2. The SMILES string of the molecule is CCC(C)c1ccccc1OCc1ccc(Cl)nc1Cl. The molecule has 4 heteroatoms. The van der Waals surface area contributed by atoms with Gasteiger partial charge in [0.15, 0.2) is 0 Å². The predicted molar refractivity (Wildman–Crippen MR) is 83.7 cm³/mol. The monoisotopic (exact) mass is 309 g/mol. The molecule has 0 aliphatic carbocycles. The van der Waals surface area contributed by atoms with Crippen LogP contribution in [0.1, 0.15) is 37.3 Å². The second-order valence-corrected chi connectivity index (χ2v) is 5.46.